The number of hydrogen-bond acceptors (Lipinski definition) is 8. The zero-order valence-corrected chi connectivity index (χ0v) is 26.6. The van der Waals surface area contributed by atoms with Crippen LogP contribution in [0.2, 0.25) is 0 Å². The number of rotatable bonds is 12. The Morgan fingerprint density at radius 3 is 2.59 bits per heavy atom. The van der Waals surface area contributed by atoms with E-state index in [1.807, 2.05) is 76.7 Å². The number of aromatic nitrogens is 3. The molecule has 9 nitrogen and oxygen atoms in total. The van der Waals surface area contributed by atoms with Gasteiger partial charge in [-0.25, -0.2) is 9.40 Å². The van der Waals surface area contributed by atoms with Crippen LogP contribution in [0.4, 0.5) is 4.39 Å². The molecule has 0 aliphatic carbocycles. The predicted molar refractivity (Wildman–Crippen MR) is 177 cm³/mol. The van der Waals surface area contributed by atoms with Crippen molar-refractivity contribution in [2.45, 2.75) is 37.1 Å². The molecule has 1 aliphatic heterocycles. The van der Waals surface area contributed by atoms with Crippen molar-refractivity contribution in [1.82, 2.24) is 25.1 Å². The summed E-state index contributed by atoms with van der Waals surface area (Å²) in [6, 6.07) is 27.0. The maximum absolute atomic E-state index is 13.8. The van der Waals surface area contributed by atoms with Crippen molar-refractivity contribution in [1.29, 1.82) is 0 Å². The zero-order valence-electron chi connectivity index (χ0n) is 25.0. The normalized spacial score (nSPS) is 14.3. The first kappa shape index (κ1) is 31.2. The van der Waals surface area contributed by atoms with Crippen LogP contribution in [0.1, 0.15) is 44.6 Å². The number of ether oxygens (including phenoxy) is 1. The standard InChI is InChI=1S/C34H31FN6O3S2/c1-44-27-14-12-24(13-15-27)29-20-28(30-11-6-18-45-30)39-41(29)32(42)22-46-34-38-37-31(40(34)17-16-23-7-3-2-4-8-23)21-36-33(43)25-9-5-10-26(35)19-25/h2-15,18-19,29H,16-17,20-22H2,1H3,(H,36,43)/t29-/m0/s1. The zero-order chi connectivity index (χ0) is 31.9. The lowest BCUT2D eigenvalue weighted by Crippen LogP contribution is -2.28. The maximum Gasteiger partial charge on any atom is 0.253 e. The lowest BCUT2D eigenvalue weighted by atomic mass is 10.0. The summed E-state index contributed by atoms with van der Waals surface area (Å²) in [4.78, 5) is 27.5. The molecule has 0 saturated carbocycles. The average Bonchev–Trinajstić information content (AvgIpc) is 3.86. The minimum absolute atomic E-state index is 0.0891. The second-order valence-corrected chi connectivity index (χ2v) is 12.4. The van der Waals surface area contributed by atoms with Crippen molar-refractivity contribution < 1.29 is 18.7 Å². The highest BCUT2D eigenvalue weighted by molar-refractivity contribution is 7.99. The summed E-state index contributed by atoms with van der Waals surface area (Å²) in [5.41, 5.74) is 3.19. The van der Waals surface area contributed by atoms with Crippen molar-refractivity contribution in [2.24, 2.45) is 5.10 Å². The number of methoxy groups -OCH3 is 1. The molecule has 0 spiro atoms. The molecule has 0 fully saturated rings. The Bertz CT molecular complexity index is 1830. The number of hydrogen-bond donors (Lipinski definition) is 1. The third-order valence-electron chi connectivity index (χ3n) is 7.55. The average molecular weight is 655 g/mol. The smallest absolute Gasteiger partial charge is 0.253 e. The van der Waals surface area contributed by atoms with E-state index in [-0.39, 0.29) is 29.8 Å². The molecule has 0 radical (unpaired) electrons. The van der Waals surface area contributed by atoms with Gasteiger partial charge in [0, 0.05) is 18.5 Å². The third kappa shape index (κ3) is 7.35. The molecule has 3 aromatic carbocycles. The first-order chi connectivity index (χ1) is 22.5. The Morgan fingerprint density at radius 2 is 1.85 bits per heavy atom. The van der Waals surface area contributed by atoms with E-state index in [9.17, 15) is 14.0 Å². The number of carbonyl (C=O) groups is 2. The van der Waals surface area contributed by atoms with E-state index in [2.05, 4.69) is 15.5 Å². The summed E-state index contributed by atoms with van der Waals surface area (Å²) in [6.07, 6.45) is 1.30. The molecule has 0 bridgehead atoms. The van der Waals surface area contributed by atoms with Crippen molar-refractivity contribution in [3.05, 3.63) is 130 Å². The van der Waals surface area contributed by atoms with Crippen LogP contribution in [0.25, 0.3) is 0 Å². The number of aryl methyl sites for hydroxylation is 1. The molecule has 46 heavy (non-hydrogen) atoms. The van der Waals surface area contributed by atoms with E-state index >= 15 is 0 Å². The molecule has 1 N–H and O–H groups in total. The molecule has 6 rings (SSSR count). The fraction of sp³-hybridized carbons (Fsp3) is 0.206. The highest BCUT2D eigenvalue weighted by Gasteiger charge is 2.33. The number of thioether (sulfide) groups is 1. The number of hydrazone groups is 1. The van der Waals surface area contributed by atoms with Gasteiger partial charge in [-0.1, -0.05) is 66.4 Å². The first-order valence-electron chi connectivity index (χ1n) is 14.7. The Balaban J connectivity index is 1.20. The molecule has 12 heteroatoms. The molecule has 1 atom stereocenters. The summed E-state index contributed by atoms with van der Waals surface area (Å²) >= 11 is 2.88. The Labute approximate surface area is 274 Å². The summed E-state index contributed by atoms with van der Waals surface area (Å²) in [5.74, 6) is 0.308. The van der Waals surface area contributed by atoms with Crippen molar-refractivity contribution >= 4 is 40.6 Å². The van der Waals surface area contributed by atoms with Gasteiger partial charge in [-0.15, -0.1) is 21.5 Å². The highest BCUT2D eigenvalue weighted by atomic mass is 32.2. The fourth-order valence-corrected chi connectivity index (χ4v) is 6.72. The van der Waals surface area contributed by atoms with Gasteiger partial charge in [-0.3, -0.25) is 9.59 Å². The van der Waals surface area contributed by atoms with Gasteiger partial charge in [0.15, 0.2) is 11.0 Å². The Hall–Kier alpha value is -4.81. The predicted octanol–water partition coefficient (Wildman–Crippen LogP) is 6.13. The van der Waals surface area contributed by atoms with E-state index in [4.69, 9.17) is 9.84 Å². The Morgan fingerprint density at radius 1 is 1.02 bits per heavy atom. The number of nitrogens with zero attached hydrogens (tertiary/aromatic N) is 5. The fourth-order valence-electron chi connectivity index (χ4n) is 5.17. The molecule has 0 unspecified atom stereocenters. The summed E-state index contributed by atoms with van der Waals surface area (Å²) < 4.78 is 20.9. The lowest BCUT2D eigenvalue weighted by Gasteiger charge is -2.22. The van der Waals surface area contributed by atoms with Crippen LogP contribution in [0.15, 0.2) is 107 Å². The van der Waals surface area contributed by atoms with Crippen molar-refractivity contribution in [3.63, 3.8) is 0 Å². The van der Waals surface area contributed by atoms with Gasteiger partial charge in [0.1, 0.15) is 11.6 Å². The SMILES string of the molecule is COc1ccc([C@@H]2CC(c3cccs3)=NN2C(=O)CSc2nnc(CNC(=O)c3cccc(F)c3)n2CCc2ccccc2)cc1. The van der Waals surface area contributed by atoms with Crippen molar-refractivity contribution in [3.8, 4) is 5.75 Å². The van der Waals surface area contributed by atoms with E-state index < -0.39 is 11.7 Å². The highest BCUT2D eigenvalue weighted by Crippen LogP contribution is 2.35. The minimum atomic E-state index is -0.485. The molecular weight excluding hydrogens is 624 g/mol. The van der Waals surface area contributed by atoms with E-state index in [1.165, 1.54) is 30.0 Å². The molecule has 2 amide bonds. The number of thiophene rings is 1. The molecule has 1 aliphatic rings. The van der Waals surface area contributed by atoms with Crippen LogP contribution in [0.3, 0.4) is 0 Å². The maximum atomic E-state index is 13.8. The van der Waals surface area contributed by atoms with Crippen LogP contribution in [-0.2, 0) is 24.3 Å². The topological polar surface area (TPSA) is 102 Å². The van der Waals surface area contributed by atoms with Gasteiger partial charge in [-0.2, -0.15) is 5.10 Å². The summed E-state index contributed by atoms with van der Waals surface area (Å²) in [6.45, 7) is 0.628. The Kier molecular flexibility index (Phi) is 9.85. The van der Waals surface area contributed by atoms with Gasteiger partial charge in [0.25, 0.3) is 11.8 Å². The number of carbonyl (C=O) groups excluding carboxylic acids is 2. The third-order valence-corrected chi connectivity index (χ3v) is 9.42. The van der Waals surface area contributed by atoms with Crippen LogP contribution in [0.5, 0.6) is 5.75 Å². The lowest BCUT2D eigenvalue weighted by molar-refractivity contribution is -0.130. The monoisotopic (exact) mass is 654 g/mol. The first-order valence-corrected chi connectivity index (χ1v) is 16.5. The van der Waals surface area contributed by atoms with Gasteiger partial charge < -0.3 is 14.6 Å². The van der Waals surface area contributed by atoms with Gasteiger partial charge >= 0.3 is 0 Å². The number of benzene rings is 3. The minimum Gasteiger partial charge on any atom is -0.497 e. The van der Waals surface area contributed by atoms with E-state index in [0.717, 1.165) is 27.5 Å². The second-order valence-electron chi connectivity index (χ2n) is 10.5. The van der Waals surface area contributed by atoms with Crippen LogP contribution in [0, 0.1) is 5.82 Å². The van der Waals surface area contributed by atoms with Crippen LogP contribution < -0.4 is 10.1 Å². The van der Waals surface area contributed by atoms with Gasteiger partial charge in [0.2, 0.25) is 0 Å². The van der Waals surface area contributed by atoms with Gasteiger partial charge in [0.05, 0.1) is 36.0 Å². The van der Waals surface area contributed by atoms with E-state index in [0.29, 0.717) is 30.4 Å². The molecule has 5 aromatic rings. The van der Waals surface area contributed by atoms with Gasteiger partial charge in [-0.05, 0) is 59.3 Å². The molecular formula is C34H31FN6O3S2. The molecule has 0 saturated heterocycles. The molecule has 3 heterocycles. The number of nitrogens with one attached hydrogen (secondary N) is 1. The van der Waals surface area contributed by atoms with Crippen LogP contribution >= 0.6 is 23.1 Å². The molecule has 2 aromatic heterocycles. The molecule has 234 valence electrons. The quantitative estimate of drug-likeness (QED) is 0.163. The van der Waals surface area contributed by atoms with Crippen molar-refractivity contribution in [2.75, 3.05) is 12.9 Å². The summed E-state index contributed by atoms with van der Waals surface area (Å²) in [7, 11) is 1.62. The second kappa shape index (κ2) is 14.5. The van der Waals surface area contributed by atoms with Crippen LogP contribution in [-0.4, -0.2) is 50.2 Å². The van der Waals surface area contributed by atoms with E-state index in [1.54, 1.807) is 29.5 Å². The number of amides is 2. The largest absolute Gasteiger partial charge is 0.497 e. The number of halogens is 1. The summed E-state index contributed by atoms with van der Waals surface area (Å²) in [5, 5.41) is 20.5.